The second-order valence-corrected chi connectivity index (χ2v) is 5.86. The number of nitro benzene ring substituents is 1. The molecule has 2 rings (SSSR count). The molecular weight excluding hydrogens is 364 g/mol. The molecule has 0 atom stereocenters. The molecule has 2 amide bonds. The first kappa shape index (κ1) is 16.8. The van der Waals surface area contributed by atoms with Gasteiger partial charge in [0.2, 0.25) is 0 Å². The predicted molar refractivity (Wildman–Crippen MR) is 92.4 cm³/mol. The number of non-ortho nitro benzene ring substituents is 1. The third kappa shape index (κ3) is 3.78. The summed E-state index contributed by atoms with van der Waals surface area (Å²) < 4.78 is 0.392. The van der Waals surface area contributed by atoms with E-state index in [1.807, 2.05) is 25.1 Å². The summed E-state index contributed by atoms with van der Waals surface area (Å²) in [6.07, 6.45) is 0. The molecule has 23 heavy (non-hydrogen) atoms. The molecule has 2 aromatic rings. The van der Waals surface area contributed by atoms with E-state index in [-0.39, 0.29) is 5.69 Å². The number of aryl methyl sites for hydroxylation is 2. The maximum absolute atomic E-state index is 11.8. The summed E-state index contributed by atoms with van der Waals surface area (Å²) in [5.41, 5.74) is 11.0. The molecule has 0 aliphatic heterocycles. The van der Waals surface area contributed by atoms with Gasteiger partial charge in [-0.2, -0.15) is 0 Å². The van der Waals surface area contributed by atoms with Crippen molar-refractivity contribution in [2.45, 2.75) is 13.8 Å². The molecule has 8 heteroatoms. The number of rotatable bonds is 4. The summed E-state index contributed by atoms with van der Waals surface area (Å²) in [7, 11) is 0. The van der Waals surface area contributed by atoms with Gasteiger partial charge in [0.1, 0.15) is 0 Å². The lowest BCUT2D eigenvalue weighted by molar-refractivity contribution is -0.385. The number of hydrazine groups is 1. The zero-order valence-electron chi connectivity index (χ0n) is 12.5. The number of nitrogens with zero attached hydrogens (tertiary/aromatic N) is 2. The van der Waals surface area contributed by atoms with Gasteiger partial charge >= 0.3 is 6.03 Å². The van der Waals surface area contributed by atoms with Crippen LogP contribution in [0.1, 0.15) is 11.1 Å². The van der Waals surface area contributed by atoms with Crippen LogP contribution in [0, 0.1) is 24.0 Å². The summed E-state index contributed by atoms with van der Waals surface area (Å²) in [4.78, 5) is 22.3. The Morgan fingerprint density at radius 3 is 2.52 bits per heavy atom. The maximum atomic E-state index is 11.8. The minimum Gasteiger partial charge on any atom is -0.350 e. The van der Waals surface area contributed by atoms with Gasteiger partial charge in [0.25, 0.3) is 5.69 Å². The largest absolute Gasteiger partial charge is 0.350 e. The summed E-state index contributed by atoms with van der Waals surface area (Å²) >= 11 is 3.27. The van der Waals surface area contributed by atoms with Gasteiger partial charge in [-0.3, -0.25) is 15.5 Å². The van der Waals surface area contributed by atoms with Crippen LogP contribution < -0.4 is 16.2 Å². The highest BCUT2D eigenvalue weighted by atomic mass is 79.9. The molecule has 120 valence electrons. The van der Waals surface area contributed by atoms with Crippen LogP contribution in [0.15, 0.2) is 40.9 Å². The molecular formula is C15H15BrN4O3. The molecule has 0 unspecified atom stereocenters. The van der Waals surface area contributed by atoms with Crippen molar-refractivity contribution in [3.8, 4) is 0 Å². The Kier molecular flexibility index (Phi) is 4.85. The van der Waals surface area contributed by atoms with Gasteiger partial charge in [-0.15, -0.1) is 0 Å². The van der Waals surface area contributed by atoms with Crippen LogP contribution in [0.25, 0.3) is 0 Å². The van der Waals surface area contributed by atoms with Crippen LogP contribution in [0.2, 0.25) is 0 Å². The fourth-order valence-electron chi connectivity index (χ4n) is 2.17. The number of nitrogens with one attached hydrogen (secondary N) is 1. The van der Waals surface area contributed by atoms with Crippen molar-refractivity contribution in [3.63, 3.8) is 0 Å². The van der Waals surface area contributed by atoms with Gasteiger partial charge in [0.15, 0.2) is 0 Å². The molecule has 0 aliphatic carbocycles. The average Bonchev–Trinajstić information content (AvgIpc) is 2.45. The highest BCUT2D eigenvalue weighted by Gasteiger charge is 2.21. The standard InChI is InChI=1S/C15H15BrN4O3/c1-9-4-3-5-11(6-9)18-19(15(17)21)14-10(2)7-12(20(22)23)8-13(14)16/h3-8,18H,1-2H3,(H2,17,21). The molecule has 0 spiro atoms. The second-order valence-electron chi connectivity index (χ2n) is 5.01. The van der Waals surface area contributed by atoms with E-state index in [1.54, 1.807) is 13.0 Å². The highest BCUT2D eigenvalue weighted by molar-refractivity contribution is 9.10. The van der Waals surface area contributed by atoms with Crippen molar-refractivity contribution in [2.24, 2.45) is 5.73 Å². The van der Waals surface area contributed by atoms with Gasteiger partial charge < -0.3 is 5.73 Å². The minimum atomic E-state index is -0.732. The number of nitrogens with two attached hydrogens (primary N) is 1. The van der Waals surface area contributed by atoms with E-state index in [1.165, 1.54) is 12.1 Å². The molecule has 0 fully saturated rings. The Labute approximate surface area is 141 Å². The zero-order valence-corrected chi connectivity index (χ0v) is 14.1. The molecule has 7 nitrogen and oxygen atoms in total. The van der Waals surface area contributed by atoms with Gasteiger partial charge in [0, 0.05) is 12.1 Å². The smallest absolute Gasteiger partial charge is 0.338 e. The number of amides is 2. The van der Waals surface area contributed by atoms with E-state index in [2.05, 4.69) is 21.4 Å². The van der Waals surface area contributed by atoms with E-state index in [0.29, 0.717) is 21.4 Å². The number of urea groups is 1. The Bertz CT molecular complexity index is 756. The molecule has 2 aromatic carbocycles. The fourth-order valence-corrected chi connectivity index (χ4v) is 2.90. The lowest BCUT2D eigenvalue weighted by Crippen LogP contribution is -2.41. The lowest BCUT2D eigenvalue weighted by Gasteiger charge is -2.25. The van der Waals surface area contributed by atoms with Crippen LogP contribution in [-0.2, 0) is 0 Å². The van der Waals surface area contributed by atoms with E-state index >= 15 is 0 Å². The van der Waals surface area contributed by atoms with Crippen LogP contribution in [0.3, 0.4) is 0 Å². The molecule has 0 aromatic heterocycles. The maximum Gasteiger partial charge on any atom is 0.338 e. The van der Waals surface area contributed by atoms with Crippen molar-refractivity contribution in [1.82, 2.24) is 0 Å². The molecule has 0 saturated carbocycles. The van der Waals surface area contributed by atoms with Crippen molar-refractivity contribution >= 4 is 39.0 Å². The Balaban J connectivity index is 2.46. The number of benzene rings is 2. The van der Waals surface area contributed by atoms with Crippen LogP contribution in [-0.4, -0.2) is 11.0 Å². The third-order valence-corrected chi connectivity index (χ3v) is 3.76. The topological polar surface area (TPSA) is 102 Å². The summed E-state index contributed by atoms with van der Waals surface area (Å²) in [6, 6.07) is 9.39. The first-order valence-corrected chi connectivity index (χ1v) is 7.46. The van der Waals surface area contributed by atoms with Crippen molar-refractivity contribution in [1.29, 1.82) is 0 Å². The third-order valence-electron chi connectivity index (χ3n) is 3.15. The number of nitro groups is 1. The zero-order chi connectivity index (χ0) is 17.1. The van der Waals surface area contributed by atoms with Crippen LogP contribution >= 0.6 is 15.9 Å². The Morgan fingerprint density at radius 1 is 1.30 bits per heavy atom. The molecule has 0 heterocycles. The van der Waals surface area contributed by atoms with Crippen LogP contribution in [0.4, 0.5) is 21.9 Å². The molecule has 0 saturated heterocycles. The second kappa shape index (κ2) is 6.66. The highest BCUT2D eigenvalue weighted by Crippen LogP contribution is 2.34. The van der Waals surface area contributed by atoms with E-state index < -0.39 is 11.0 Å². The fraction of sp³-hybridized carbons (Fsp3) is 0.133. The number of anilines is 2. The first-order valence-electron chi connectivity index (χ1n) is 6.67. The number of carbonyl (C=O) groups excluding carboxylic acids is 1. The Morgan fingerprint density at radius 2 is 2.00 bits per heavy atom. The Hall–Kier alpha value is -2.61. The normalized spacial score (nSPS) is 10.2. The number of halogens is 1. The lowest BCUT2D eigenvalue weighted by atomic mass is 10.1. The van der Waals surface area contributed by atoms with Crippen LogP contribution in [0.5, 0.6) is 0 Å². The van der Waals surface area contributed by atoms with Gasteiger partial charge in [-0.05, 0) is 53.0 Å². The van der Waals surface area contributed by atoms with Gasteiger partial charge in [-0.1, -0.05) is 12.1 Å². The summed E-state index contributed by atoms with van der Waals surface area (Å²) in [5.74, 6) is 0. The average molecular weight is 379 g/mol. The van der Waals surface area contributed by atoms with Crippen molar-refractivity contribution < 1.29 is 9.72 Å². The summed E-state index contributed by atoms with van der Waals surface area (Å²) in [6.45, 7) is 3.59. The van der Waals surface area contributed by atoms with Crippen molar-refractivity contribution in [2.75, 3.05) is 10.4 Å². The number of primary amides is 1. The van der Waals surface area contributed by atoms with Crippen molar-refractivity contribution in [3.05, 3.63) is 62.1 Å². The van der Waals surface area contributed by atoms with Gasteiger partial charge in [0.05, 0.1) is 20.8 Å². The monoisotopic (exact) mass is 378 g/mol. The van der Waals surface area contributed by atoms with E-state index in [9.17, 15) is 14.9 Å². The molecule has 3 N–H and O–H groups in total. The predicted octanol–water partition coefficient (Wildman–Crippen LogP) is 3.89. The SMILES string of the molecule is Cc1cccc(NN(C(N)=O)c2c(C)cc([N+](=O)[O-])cc2Br)c1. The van der Waals surface area contributed by atoms with E-state index in [4.69, 9.17) is 5.73 Å². The number of hydrogen-bond donors (Lipinski definition) is 2. The first-order chi connectivity index (χ1) is 10.8. The molecule has 0 bridgehead atoms. The van der Waals surface area contributed by atoms with Gasteiger partial charge in [-0.25, -0.2) is 9.80 Å². The number of carbonyl (C=O) groups is 1. The number of hydrogen-bond acceptors (Lipinski definition) is 4. The summed E-state index contributed by atoms with van der Waals surface area (Å²) in [5, 5.41) is 12.1. The molecule has 0 aliphatic rings. The molecule has 0 radical (unpaired) electrons. The van der Waals surface area contributed by atoms with E-state index in [0.717, 1.165) is 10.6 Å². The quantitative estimate of drug-likeness (QED) is 0.622. The minimum absolute atomic E-state index is 0.0712.